The maximum atomic E-state index is 12.2. The van der Waals surface area contributed by atoms with Gasteiger partial charge < -0.3 is 10.1 Å². The molecule has 0 aliphatic rings. The number of rotatable bonds is 10. The van der Waals surface area contributed by atoms with Crippen molar-refractivity contribution in [1.29, 1.82) is 0 Å². The molecule has 1 aromatic carbocycles. The van der Waals surface area contributed by atoms with Gasteiger partial charge in [-0.15, -0.1) is 0 Å². The number of hydrogen-bond acceptors (Lipinski definition) is 3. The molecule has 4 nitrogen and oxygen atoms in total. The SMILES string of the molecule is COc1ccc(/C(=C\C=C\C(=O)N[C@H](C)CCCc2cccnc2)C(C)C)cc1. The van der Waals surface area contributed by atoms with Gasteiger partial charge in [-0.2, -0.15) is 0 Å². The molecule has 0 spiro atoms. The number of allylic oxidation sites excluding steroid dienone is 3. The van der Waals surface area contributed by atoms with E-state index < -0.39 is 0 Å². The summed E-state index contributed by atoms with van der Waals surface area (Å²) < 4.78 is 5.22. The van der Waals surface area contributed by atoms with Crippen molar-refractivity contribution in [2.75, 3.05) is 7.11 Å². The molecule has 0 saturated heterocycles. The summed E-state index contributed by atoms with van der Waals surface area (Å²) in [4.78, 5) is 16.3. The molecule has 29 heavy (non-hydrogen) atoms. The van der Waals surface area contributed by atoms with Gasteiger partial charge in [-0.25, -0.2) is 0 Å². The fraction of sp³-hybridized carbons (Fsp3) is 0.360. The van der Waals surface area contributed by atoms with Crippen molar-refractivity contribution in [2.24, 2.45) is 5.92 Å². The lowest BCUT2D eigenvalue weighted by molar-refractivity contribution is -0.117. The third-order valence-electron chi connectivity index (χ3n) is 4.78. The third-order valence-corrected chi connectivity index (χ3v) is 4.78. The summed E-state index contributed by atoms with van der Waals surface area (Å²) in [6.07, 6.45) is 12.1. The minimum Gasteiger partial charge on any atom is -0.497 e. The number of ether oxygens (including phenoxy) is 1. The second-order valence-electron chi connectivity index (χ2n) is 7.53. The molecule has 4 heteroatoms. The monoisotopic (exact) mass is 392 g/mol. The minimum atomic E-state index is -0.0621. The van der Waals surface area contributed by atoms with Crippen LogP contribution in [-0.2, 0) is 11.2 Å². The smallest absolute Gasteiger partial charge is 0.244 e. The number of nitrogens with one attached hydrogen (secondary N) is 1. The van der Waals surface area contributed by atoms with Crippen molar-refractivity contribution in [3.05, 3.63) is 78.1 Å². The van der Waals surface area contributed by atoms with Crippen molar-refractivity contribution in [2.45, 2.75) is 46.1 Å². The summed E-state index contributed by atoms with van der Waals surface area (Å²) in [6.45, 7) is 6.34. The number of nitrogens with zero attached hydrogens (tertiary/aromatic N) is 1. The number of aryl methyl sites for hydroxylation is 1. The number of carbonyl (C=O) groups is 1. The number of pyridine rings is 1. The molecule has 0 fully saturated rings. The van der Waals surface area contributed by atoms with Crippen molar-refractivity contribution in [1.82, 2.24) is 10.3 Å². The van der Waals surface area contributed by atoms with Gasteiger partial charge in [0.1, 0.15) is 5.75 Å². The van der Waals surface area contributed by atoms with E-state index in [1.165, 1.54) is 11.1 Å². The molecule has 0 aliphatic heterocycles. The van der Waals surface area contributed by atoms with Gasteiger partial charge in [0.25, 0.3) is 0 Å². The summed E-state index contributed by atoms with van der Waals surface area (Å²) in [5, 5.41) is 3.04. The zero-order valence-corrected chi connectivity index (χ0v) is 17.9. The number of benzene rings is 1. The third kappa shape index (κ3) is 7.94. The van der Waals surface area contributed by atoms with Crippen LogP contribution in [0.5, 0.6) is 5.75 Å². The molecule has 1 heterocycles. The average molecular weight is 393 g/mol. The Balaban J connectivity index is 1.85. The van der Waals surface area contributed by atoms with Gasteiger partial charge in [0, 0.05) is 24.5 Å². The summed E-state index contributed by atoms with van der Waals surface area (Å²) in [6, 6.07) is 12.2. The summed E-state index contributed by atoms with van der Waals surface area (Å²) >= 11 is 0. The Kier molecular flexibility index (Phi) is 9.16. The zero-order chi connectivity index (χ0) is 21.1. The zero-order valence-electron chi connectivity index (χ0n) is 17.9. The first-order chi connectivity index (χ1) is 14.0. The number of methoxy groups -OCH3 is 1. The van der Waals surface area contributed by atoms with Crippen molar-refractivity contribution < 1.29 is 9.53 Å². The Morgan fingerprint density at radius 1 is 1.17 bits per heavy atom. The largest absolute Gasteiger partial charge is 0.497 e. The van der Waals surface area contributed by atoms with E-state index in [0.717, 1.165) is 30.6 Å². The van der Waals surface area contributed by atoms with Crippen molar-refractivity contribution in [3.8, 4) is 5.75 Å². The molecule has 154 valence electrons. The minimum absolute atomic E-state index is 0.0621. The van der Waals surface area contributed by atoms with Crippen LogP contribution in [0, 0.1) is 5.92 Å². The van der Waals surface area contributed by atoms with Crippen LogP contribution in [0.2, 0.25) is 0 Å². The second kappa shape index (κ2) is 11.8. The molecule has 0 bridgehead atoms. The number of amides is 1. The maximum Gasteiger partial charge on any atom is 0.244 e. The van der Waals surface area contributed by atoms with Crippen LogP contribution in [0.25, 0.3) is 5.57 Å². The molecule has 1 aromatic heterocycles. The van der Waals surface area contributed by atoms with Crippen LogP contribution < -0.4 is 10.1 Å². The molecule has 0 saturated carbocycles. The predicted molar refractivity (Wildman–Crippen MR) is 120 cm³/mol. The predicted octanol–water partition coefficient (Wildman–Crippen LogP) is 5.21. The second-order valence-corrected chi connectivity index (χ2v) is 7.53. The molecule has 0 unspecified atom stereocenters. The lowest BCUT2D eigenvalue weighted by Gasteiger charge is -2.13. The van der Waals surface area contributed by atoms with E-state index in [9.17, 15) is 4.79 Å². The van der Waals surface area contributed by atoms with Crippen molar-refractivity contribution >= 4 is 11.5 Å². The Labute approximate surface area is 174 Å². The highest BCUT2D eigenvalue weighted by atomic mass is 16.5. The Morgan fingerprint density at radius 3 is 2.55 bits per heavy atom. The van der Waals surface area contributed by atoms with E-state index in [1.807, 2.05) is 55.6 Å². The van der Waals surface area contributed by atoms with Crippen LogP contribution in [0.3, 0.4) is 0 Å². The number of aromatic nitrogens is 1. The van der Waals surface area contributed by atoms with E-state index in [0.29, 0.717) is 5.92 Å². The van der Waals surface area contributed by atoms with Gasteiger partial charge in [0.2, 0.25) is 5.91 Å². The summed E-state index contributed by atoms with van der Waals surface area (Å²) in [7, 11) is 1.66. The Bertz CT molecular complexity index is 808. The van der Waals surface area contributed by atoms with E-state index in [2.05, 4.69) is 30.2 Å². The van der Waals surface area contributed by atoms with E-state index >= 15 is 0 Å². The highest BCUT2D eigenvalue weighted by molar-refractivity contribution is 5.88. The van der Waals surface area contributed by atoms with E-state index in [1.54, 1.807) is 19.4 Å². The summed E-state index contributed by atoms with van der Waals surface area (Å²) in [5.74, 6) is 1.12. The fourth-order valence-electron chi connectivity index (χ4n) is 3.17. The molecule has 0 aliphatic carbocycles. The standard InChI is InChI=1S/C25H32N2O2/c1-19(2)24(22-13-15-23(29-4)16-14-22)11-6-12-25(28)27-20(3)8-5-9-21-10-7-17-26-18-21/h6-7,10-20H,5,8-9H2,1-4H3,(H,27,28)/b12-6+,24-11-/t20-/m1/s1. The lowest BCUT2D eigenvalue weighted by Crippen LogP contribution is -2.31. The van der Waals surface area contributed by atoms with E-state index in [4.69, 9.17) is 4.74 Å². The molecular weight excluding hydrogens is 360 g/mol. The molecule has 2 aromatic rings. The number of carbonyl (C=O) groups excluding carboxylic acids is 1. The highest BCUT2D eigenvalue weighted by Gasteiger charge is 2.07. The lowest BCUT2D eigenvalue weighted by atomic mass is 9.95. The van der Waals surface area contributed by atoms with Crippen LogP contribution in [-0.4, -0.2) is 24.0 Å². The fourth-order valence-corrected chi connectivity index (χ4v) is 3.17. The highest BCUT2D eigenvalue weighted by Crippen LogP contribution is 2.25. The first kappa shape index (κ1) is 22.4. The van der Waals surface area contributed by atoms with Gasteiger partial charge >= 0.3 is 0 Å². The van der Waals surface area contributed by atoms with Crippen LogP contribution in [0.15, 0.2) is 67.0 Å². The quantitative estimate of drug-likeness (QED) is 0.446. The van der Waals surface area contributed by atoms with Crippen molar-refractivity contribution in [3.63, 3.8) is 0 Å². The average Bonchev–Trinajstić information content (AvgIpc) is 2.72. The topological polar surface area (TPSA) is 51.2 Å². The normalized spacial score (nSPS) is 12.9. The van der Waals surface area contributed by atoms with Gasteiger partial charge in [-0.05, 0) is 67.0 Å². The van der Waals surface area contributed by atoms with Crippen LogP contribution >= 0.6 is 0 Å². The van der Waals surface area contributed by atoms with Crippen LogP contribution in [0.1, 0.15) is 44.7 Å². The Morgan fingerprint density at radius 2 is 1.93 bits per heavy atom. The molecule has 1 atom stereocenters. The van der Waals surface area contributed by atoms with Gasteiger partial charge in [0.05, 0.1) is 7.11 Å². The molecule has 0 radical (unpaired) electrons. The number of hydrogen-bond donors (Lipinski definition) is 1. The molecule has 2 rings (SSSR count). The molecule has 1 N–H and O–H groups in total. The summed E-state index contributed by atoms with van der Waals surface area (Å²) in [5.41, 5.74) is 3.55. The first-order valence-electron chi connectivity index (χ1n) is 10.2. The molecular formula is C25H32N2O2. The maximum absolute atomic E-state index is 12.2. The Hall–Kier alpha value is -2.88. The van der Waals surface area contributed by atoms with Crippen LogP contribution in [0.4, 0.5) is 0 Å². The van der Waals surface area contributed by atoms with Gasteiger partial charge in [-0.3, -0.25) is 9.78 Å². The molecule has 1 amide bonds. The van der Waals surface area contributed by atoms with Gasteiger partial charge in [-0.1, -0.05) is 44.2 Å². The van der Waals surface area contributed by atoms with Gasteiger partial charge in [0.15, 0.2) is 0 Å². The first-order valence-corrected chi connectivity index (χ1v) is 10.2. The van der Waals surface area contributed by atoms with E-state index in [-0.39, 0.29) is 11.9 Å².